The molecule has 0 heterocycles. The Hall–Kier alpha value is -0.650. The molecule has 0 aliphatic rings. The molecule has 0 saturated heterocycles. The van der Waals surface area contributed by atoms with Crippen molar-refractivity contribution in [2.24, 2.45) is 0 Å². The van der Waals surface area contributed by atoms with Crippen LogP contribution in [0, 0.1) is 0 Å². The third-order valence-electron chi connectivity index (χ3n) is 0.785. The average molecular weight is 169 g/mol. The van der Waals surface area contributed by atoms with Gasteiger partial charge in [0, 0.05) is 0 Å². The lowest BCUT2D eigenvalue weighted by Crippen LogP contribution is -2.37. The first-order valence-electron chi connectivity index (χ1n) is 2.25. The Labute approximate surface area is 60.8 Å². The van der Waals surface area contributed by atoms with Gasteiger partial charge in [-0.15, -0.1) is 0 Å². The normalized spacial score (nSPS) is 15.9. The molecule has 0 saturated carbocycles. The van der Waals surface area contributed by atoms with Crippen LogP contribution in [0.4, 0.5) is 0 Å². The van der Waals surface area contributed by atoms with Crippen LogP contribution in [0.1, 0.15) is 0 Å². The molecule has 0 bridgehead atoms. The molecule has 0 amide bonds. The Kier molecular flexibility index (Phi) is 3.27. The van der Waals surface area contributed by atoms with Gasteiger partial charge in [0.1, 0.15) is 0 Å². The van der Waals surface area contributed by atoms with Crippen molar-refractivity contribution < 1.29 is 24.9 Å². The molecular formula is C4H5ClO5. The number of aliphatic carboxylic acids is 1. The summed E-state index contributed by atoms with van der Waals surface area (Å²) in [5.74, 6) is -1.69. The molecule has 5 nitrogen and oxygen atoms in total. The van der Waals surface area contributed by atoms with Gasteiger partial charge in [0.25, 0.3) is 5.24 Å². The van der Waals surface area contributed by atoms with Crippen LogP contribution in [-0.4, -0.2) is 38.7 Å². The van der Waals surface area contributed by atoms with E-state index in [2.05, 4.69) is 11.6 Å². The molecule has 0 radical (unpaired) electrons. The molecule has 0 spiro atoms. The number of aliphatic hydroxyl groups excluding tert-OH is 2. The van der Waals surface area contributed by atoms with Gasteiger partial charge in [0.15, 0.2) is 12.2 Å². The number of carboxylic acid groups (broad SMARTS) is 1. The fourth-order valence-corrected chi connectivity index (χ4v) is 0.379. The van der Waals surface area contributed by atoms with Crippen LogP contribution in [0.25, 0.3) is 0 Å². The highest BCUT2D eigenvalue weighted by Crippen LogP contribution is 1.97. The van der Waals surface area contributed by atoms with E-state index in [0.29, 0.717) is 0 Å². The van der Waals surface area contributed by atoms with Gasteiger partial charge >= 0.3 is 5.97 Å². The summed E-state index contributed by atoms with van der Waals surface area (Å²) in [4.78, 5) is 19.8. The number of rotatable bonds is 3. The molecular weight excluding hydrogens is 163 g/mol. The van der Waals surface area contributed by atoms with Gasteiger partial charge in [0.05, 0.1) is 0 Å². The number of hydrogen-bond donors (Lipinski definition) is 3. The van der Waals surface area contributed by atoms with Crippen LogP contribution >= 0.6 is 11.6 Å². The average Bonchev–Trinajstić information content (AvgIpc) is 1.84. The van der Waals surface area contributed by atoms with Gasteiger partial charge in [-0.05, 0) is 11.6 Å². The van der Waals surface area contributed by atoms with Gasteiger partial charge in [-0.3, -0.25) is 4.79 Å². The van der Waals surface area contributed by atoms with Gasteiger partial charge < -0.3 is 15.3 Å². The van der Waals surface area contributed by atoms with Crippen molar-refractivity contribution in [2.75, 3.05) is 0 Å². The van der Waals surface area contributed by atoms with E-state index in [1.165, 1.54) is 0 Å². The van der Waals surface area contributed by atoms with Crippen LogP contribution in [0.2, 0.25) is 0 Å². The molecule has 58 valence electrons. The molecule has 0 aromatic rings. The Morgan fingerprint density at radius 3 is 1.70 bits per heavy atom. The smallest absolute Gasteiger partial charge is 0.335 e. The molecule has 0 fully saturated rings. The fraction of sp³-hybridized carbons (Fsp3) is 0.500. The van der Waals surface area contributed by atoms with Crippen molar-refractivity contribution in [1.29, 1.82) is 0 Å². The number of hydrogen-bond acceptors (Lipinski definition) is 4. The van der Waals surface area contributed by atoms with Gasteiger partial charge in [-0.1, -0.05) is 0 Å². The first-order valence-corrected chi connectivity index (χ1v) is 2.63. The number of halogens is 1. The summed E-state index contributed by atoms with van der Waals surface area (Å²) in [7, 11) is 0. The maximum Gasteiger partial charge on any atom is 0.335 e. The Morgan fingerprint density at radius 1 is 1.20 bits per heavy atom. The van der Waals surface area contributed by atoms with Crippen LogP contribution in [0.15, 0.2) is 0 Å². The van der Waals surface area contributed by atoms with Crippen molar-refractivity contribution in [2.45, 2.75) is 12.2 Å². The quantitative estimate of drug-likeness (QED) is 0.449. The van der Waals surface area contributed by atoms with Crippen molar-refractivity contribution in [1.82, 2.24) is 0 Å². The molecule has 0 rings (SSSR count). The minimum Gasteiger partial charge on any atom is -0.479 e. The molecule has 2 unspecified atom stereocenters. The van der Waals surface area contributed by atoms with Gasteiger partial charge in [-0.2, -0.15) is 0 Å². The van der Waals surface area contributed by atoms with Gasteiger partial charge in [-0.25, -0.2) is 4.79 Å². The molecule has 6 heteroatoms. The van der Waals surface area contributed by atoms with Crippen molar-refractivity contribution in [3.05, 3.63) is 0 Å². The SMILES string of the molecule is O=C(O)C(O)C(O)C(=O)Cl. The van der Waals surface area contributed by atoms with E-state index in [1.54, 1.807) is 0 Å². The highest BCUT2D eigenvalue weighted by atomic mass is 35.5. The Morgan fingerprint density at radius 2 is 1.60 bits per heavy atom. The summed E-state index contributed by atoms with van der Waals surface area (Å²) in [6, 6.07) is 0. The van der Waals surface area contributed by atoms with E-state index in [4.69, 9.17) is 15.3 Å². The largest absolute Gasteiger partial charge is 0.479 e. The van der Waals surface area contributed by atoms with E-state index in [9.17, 15) is 9.59 Å². The highest BCUT2D eigenvalue weighted by Gasteiger charge is 2.28. The second-order valence-electron chi connectivity index (χ2n) is 1.53. The lowest BCUT2D eigenvalue weighted by molar-refractivity contribution is -0.155. The fourth-order valence-electron chi connectivity index (χ4n) is 0.259. The van der Waals surface area contributed by atoms with E-state index in [1.807, 2.05) is 0 Å². The predicted octanol–water partition coefficient (Wildman–Crippen LogP) is -1.44. The number of carbonyl (C=O) groups is 2. The van der Waals surface area contributed by atoms with E-state index in [-0.39, 0.29) is 0 Å². The minimum atomic E-state index is -2.15. The summed E-state index contributed by atoms with van der Waals surface area (Å²) >= 11 is 4.65. The van der Waals surface area contributed by atoms with E-state index >= 15 is 0 Å². The van der Waals surface area contributed by atoms with Crippen LogP contribution < -0.4 is 0 Å². The maximum atomic E-state index is 9.98. The highest BCUT2D eigenvalue weighted by molar-refractivity contribution is 6.64. The molecule has 3 N–H and O–H groups in total. The zero-order valence-corrected chi connectivity index (χ0v) is 5.45. The predicted molar refractivity (Wildman–Crippen MR) is 30.5 cm³/mol. The molecule has 0 aromatic carbocycles. The zero-order chi connectivity index (χ0) is 8.31. The van der Waals surface area contributed by atoms with Crippen LogP contribution in [0.5, 0.6) is 0 Å². The first kappa shape index (κ1) is 9.35. The van der Waals surface area contributed by atoms with Gasteiger partial charge in [0.2, 0.25) is 0 Å². The Bertz CT molecular complexity index is 138. The van der Waals surface area contributed by atoms with Crippen LogP contribution in [-0.2, 0) is 9.59 Å². The third kappa shape index (κ3) is 2.30. The summed E-state index contributed by atoms with van der Waals surface area (Å²) in [6.45, 7) is 0. The second-order valence-corrected chi connectivity index (χ2v) is 1.90. The summed E-state index contributed by atoms with van der Waals surface area (Å²) in [5.41, 5.74) is 0. The zero-order valence-electron chi connectivity index (χ0n) is 4.69. The summed E-state index contributed by atoms with van der Waals surface area (Å²) in [5, 5.41) is 23.5. The molecule has 10 heavy (non-hydrogen) atoms. The summed E-state index contributed by atoms with van der Waals surface area (Å²) in [6.07, 6.45) is -4.20. The van der Waals surface area contributed by atoms with E-state index in [0.717, 1.165) is 0 Å². The van der Waals surface area contributed by atoms with Crippen molar-refractivity contribution in [3.8, 4) is 0 Å². The summed E-state index contributed by atoms with van der Waals surface area (Å²) < 4.78 is 0. The number of carboxylic acids is 1. The monoisotopic (exact) mass is 168 g/mol. The molecule has 2 atom stereocenters. The Balaban J connectivity index is 4.07. The number of aliphatic hydroxyl groups is 2. The minimum absolute atomic E-state index is 1.30. The van der Waals surface area contributed by atoms with Crippen molar-refractivity contribution in [3.63, 3.8) is 0 Å². The molecule has 0 aromatic heterocycles. The molecule has 0 aliphatic heterocycles. The third-order valence-corrected chi connectivity index (χ3v) is 1.01. The lowest BCUT2D eigenvalue weighted by atomic mass is 10.2. The number of carbonyl (C=O) groups excluding carboxylic acids is 1. The second kappa shape index (κ2) is 3.50. The standard InChI is InChI=1S/C4H5ClO5/c5-3(8)1(6)2(7)4(9)10/h1-2,6-7H,(H,9,10). The topological polar surface area (TPSA) is 94.8 Å². The first-order chi connectivity index (χ1) is 4.46. The van der Waals surface area contributed by atoms with E-state index < -0.39 is 23.4 Å². The lowest BCUT2D eigenvalue weighted by Gasteiger charge is -2.07. The maximum absolute atomic E-state index is 9.98. The van der Waals surface area contributed by atoms with Crippen molar-refractivity contribution >= 4 is 22.8 Å². The van der Waals surface area contributed by atoms with Crippen LogP contribution in [0.3, 0.4) is 0 Å². The molecule has 0 aliphatic carbocycles.